The highest BCUT2D eigenvalue weighted by Gasteiger charge is 2.41. The molecule has 0 bridgehead atoms. The first-order valence-electron chi connectivity index (χ1n) is 7.51. The molecule has 2 atom stereocenters. The van der Waals surface area contributed by atoms with E-state index in [-0.39, 0.29) is 27.2 Å². The van der Waals surface area contributed by atoms with Crippen LogP contribution < -0.4 is 0 Å². The Kier molecular flexibility index (Phi) is 7.17. The molecule has 0 aromatic carbocycles. The summed E-state index contributed by atoms with van der Waals surface area (Å²) in [7, 11) is -1.78. The summed E-state index contributed by atoms with van der Waals surface area (Å²) in [4.78, 5) is 11.3. The summed E-state index contributed by atoms with van der Waals surface area (Å²) in [6.07, 6.45) is 1.96. The van der Waals surface area contributed by atoms with Crippen molar-refractivity contribution in [3.8, 4) is 0 Å². The van der Waals surface area contributed by atoms with Crippen molar-refractivity contribution in [3.05, 3.63) is 0 Å². The van der Waals surface area contributed by atoms with Gasteiger partial charge in [-0.3, -0.25) is 4.79 Å². The fourth-order valence-electron chi connectivity index (χ4n) is 1.70. The molecule has 0 saturated heterocycles. The number of carbonyl (C=O) groups excluding carboxylic acids is 1. The van der Waals surface area contributed by atoms with Crippen molar-refractivity contribution in [2.75, 3.05) is 0 Å². The van der Waals surface area contributed by atoms with Crippen molar-refractivity contribution in [3.63, 3.8) is 0 Å². The van der Waals surface area contributed by atoms with Crippen LogP contribution in [0.5, 0.6) is 0 Å². The van der Waals surface area contributed by atoms with Gasteiger partial charge in [0.15, 0.2) is 8.32 Å². The summed E-state index contributed by atoms with van der Waals surface area (Å²) in [5.74, 6) is 0.199. The van der Waals surface area contributed by atoms with Crippen molar-refractivity contribution in [1.29, 1.82) is 0 Å². The molecule has 0 aliphatic rings. The molecule has 2 nitrogen and oxygen atoms in total. The molecule has 0 aromatic heterocycles. The molecule has 0 spiro atoms. The molecule has 2 unspecified atom stereocenters. The van der Waals surface area contributed by atoms with E-state index in [0.717, 1.165) is 12.8 Å². The number of halogens is 1. The van der Waals surface area contributed by atoms with Gasteiger partial charge in [-0.15, -0.1) is 0 Å². The smallest absolute Gasteiger partial charge is 0.192 e. The Balaban J connectivity index is 4.89. The van der Waals surface area contributed by atoms with Gasteiger partial charge in [0, 0.05) is 6.10 Å². The summed E-state index contributed by atoms with van der Waals surface area (Å²) in [5, 5.41) is 0.213. The van der Waals surface area contributed by atoms with E-state index in [0.29, 0.717) is 0 Å². The van der Waals surface area contributed by atoms with Crippen molar-refractivity contribution >= 4 is 30.0 Å². The van der Waals surface area contributed by atoms with Gasteiger partial charge in [-0.05, 0) is 43.3 Å². The predicted molar refractivity (Wildman–Crippen MR) is 94.2 cm³/mol. The molecule has 0 saturated carbocycles. The minimum absolute atomic E-state index is 0.0460. The summed E-state index contributed by atoms with van der Waals surface area (Å²) < 4.78 is 6.60. The number of alkyl halides is 1. The Morgan fingerprint density at radius 3 is 1.85 bits per heavy atom. The van der Waals surface area contributed by atoms with E-state index in [1.807, 2.05) is 0 Å². The molecular formula is C16H33BrO2Si. The van der Waals surface area contributed by atoms with Gasteiger partial charge in [-0.25, -0.2) is 0 Å². The van der Waals surface area contributed by atoms with Crippen LogP contribution in [0, 0.1) is 5.41 Å². The lowest BCUT2D eigenvalue weighted by atomic mass is 9.86. The fourth-order valence-corrected chi connectivity index (χ4v) is 3.50. The maximum Gasteiger partial charge on any atom is 0.192 e. The molecule has 0 rings (SSSR count). The summed E-state index contributed by atoms with van der Waals surface area (Å²) in [6.45, 7) is 19.7. The van der Waals surface area contributed by atoms with Crippen LogP contribution in [0.4, 0.5) is 0 Å². The molecule has 4 heteroatoms. The lowest BCUT2D eigenvalue weighted by molar-refractivity contribution is -0.116. The van der Waals surface area contributed by atoms with E-state index in [9.17, 15) is 4.79 Å². The van der Waals surface area contributed by atoms with Gasteiger partial charge < -0.3 is 4.43 Å². The van der Waals surface area contributed by atoms with Gasteiger partial charge in [0.2, 0.25) is 0 Å². The number of hydrogen-bond donors (Lipinski definition) is 0. The Bertz CT molecular complexity index is 326. The summed E-state index contributed by atoms with van der Waals surface area (Å²) in [5.41, 5.74) is 0.0963. The molecule has 0 fully saturated rings. The average Bonchev–Trinajstić information content (AvgIpc) is 2.19. The number of hydrogen-bond acceptors (Lipinski definition) is 2. The molecule has 0 amide bonds. The quantitative estimate of drug-likeness (QED) is 0.455. The third kappa shape index (κ3) is 6.40. The van der Waals surface area contributed by atoms with Crippen LogP contribution >= 0.6 is 15.9 Å². The second kappa shape index (κ2) is 7.06. The van der Waals surface area contributed by atoms with E-state index < -0.39 is 8.32 Å². The first kappa shape index (κ1) is 20.3. The highest BCUT2D eigenvalue weighted by Crippen LogP contribution is 2.40. The second-order valence-electron chi connectivity index (χ2n) is 8.39. The number of carbonyl (C=O) groups is 1. The standard InChI is InChI=1S/C16H33BrO2Si/c1-12(18)13(17)10-11-14(15(2,3)4)19-20(8,9)16(5,6)7/h13-14H,10-11H2,1-9H3. The van der Waals surface area contributed by atoms with Gasteiger partial charge in [0.1, 0.15) is 5.78 Å². The van der Waals surface area contributed by atoms with Gasteiger partial charge in [0.05, 0.1) is 4.83 Å². The van der Waals surface area contributed by atoms with Gasteiger partial charge >= 0.3 is 0 Å². The first-order valence-corrected chi connectivity index (χ1v) is 11.3. The maximum absolute atomic E-state index is 11.4. The second-order valence-corrected chi connectivity index (χ2v) is 14.3. The molecule has 0 heterocycles. The molecule has 20 heavy (non-hydrogen) atoms. The minimum Gasteiger partial charge on any atom is -0.413 e. The van der Waals surface area contributed by atoms with E-state index in [2.05, 4.69) is 70.6 Å². The average molecular weight is 365 g/mol. The van der Waals surface area contributed by atoms with Crippen LogP contribution in [0.3, 0.4) is 0 Å². The first-order chi connectivity index (χ1) is 8.68. The minimum atomic E-state index is -1.78. The zero-order valence-corrected chi connectivity index (χ0v) is 17.3. The third-order valence-electron chi connectivity index (χ3n) is 4.33. The molecule has 0 radical (unpaired) electrons. The van der Waals surface area contributed by atoms with E-state index in [1.165, 1.54) is 0 Å². The normalized spacial score (nSPS) is 16.9. The van der Waals surface area contributed by atoms with E-state index >= 15 is 0 Å². The predicted octanol–water partition coefficient (Wildman–Crippen LogP) is 5.56. The zero-order valence-electron chi connectivity index (χ0n) is 14.8. The monoisotopic (exact) mass is 364 g/mol. The summed E-state index contributed by atoms with van der Waals surface area (Å²) >= 11 is 3.46. The van der Waals surface area contributed by atoms with Crippen molar-refractivity contribution in [2.45, 2.75) is 90.4 Å². The zero-order chi connectivity index (χ0) is 16.4. The number of ketones is 1. The van der Waals surface area contributed by atoms with Crippen LogP contribution in [0.25, 0.3) is 0 Å². The lowest BCUT2D eigenvalue weighted by Gasteiger charge is -2.43. The van der Waals surface area contributed by atoms with Crippen LogP contribution in [0.2, 0.25) is 18.1 Å². The van der Waals surface area contributed by atoms with Crippen molar-refractivity contribution < 1.29 is 9.22 Å². The van der Waals surface area contributed by atoms with Crippen LogP contribution in [-0.2, 0) is 9.22 Å². The third-order valence-corrected chi connectivity index (χ3v) is 9.92. The van der Waals surface area contributed by atoms with Crippen LogP contribution in [0.15, 0.2) is 0 Å². The lowest BCUT2D eigenvalue weighted by Crippen LogP contribution is -2.47. The highest BCUT2D eigenvalue weighted by molar-refractivity contribution is 9.10. The number of Topliss-reactive ketones (excluding diaryl/α,β-unsaturated/α-hetero) is 1. The molecule has 0 N–H and O–H groups in total. The van der Waals surface area contributed by atoms with E-state index in [1.54, 1.807) is 6.92 Å². The highest BCUT2D eigenvalue weighted by atomic mass is 79.9. The molecule has 0 aliphatic carbocycles. The van der Waals surface area contributed by atoms with Gasteiger partial charge in [-0.1, -0.05) is 57.5 Å². The molecule has 0 aromatic rings. The molecule has 0 aliphatic heterocycles. The van der Waals surface area contributed by atoms with Crippen molar-refractivity contribution in [2.24, 2.45) is 5.41 Å². The largest absolute Gasteiger partial charge is 0.413 e. The van der Waals surface area contributed by atoms with E-state index in [4.69, 9.17) is 4.43 Å². The van der Waals surface area contributed by atoms with Crippen molar-refractivity contribution in [1.82, 2.24) is 0 Å². The Labute approximate surface area is 135 Å². The number of rotatable bonds is 6. The Morgan fingerprint density at radius 1 is 1.10 bits per heavy atom. The van der Waals surface area contributed by atoms with Gasteiger partial charge in [0.25, 0.3) is 0 Å². The maximum atomic E-state index is 11.4. The van der Waals surface area contributed by atoms with Gasteiger partial charge in [-0.2, -0.15) is 0 Å². The fraction of sp³-hybridized carbons (Fsp3) is 0.938. The molecular weight excluding hydrogens is 332 g/mol. The van der Waals surface area contributed by atoms with Crippen LogP contribution in [0.1, 0.15) is 61.3 Å². The molecule has 120 valence electrons. The summed E-state index contributed by atoms with van der Waals surface area (Å²) in [6, 6.07) is 0. The SMILES string of the molecule is CC(=O)C(Br)CCC(O[Si](C)(C)C(C)(C)C)C(C)(C)C. The Morgan fingerprint density at radius 2 is 1.55 bits per heavy atom. The Hall–Kier alpha value is 0.327. The topological polar surface area (TPSA) is 26.3 Å². The van der Waals surface area contributed by atoms with Crippen LogP contribution in [-0.4, -0.2) is 25.0 Å².